The first-order chi connectivity index (χ1) is 26.7. The lowest BCUT2D eigenvalue weighted by atomic mass is 9.85. The normalized spacial score (nSPS) is 12.1. The molecular weight excluding hydrogens is 689 g/mol. The summed E-state index contributed by atoms with van der Waals surface area (Å²) in [6.45, 7) is 0. The van der Waals surface area contributed by atoms with E-state index in [2.05, 4.69) is 182 Å². The summed E-state index contributed by atoms with van der Waals surface area (Å²) in [4.78, 5) is 0. The third-order valence-corrected chi connectivity index (χ3v) is 13.7. The van der Waals surface area contributed by atoms with Crippen molar-refractivity contribution in [2.24, 2.45) is 0 Å². The molecule has 0 saturated carbocycles. The molecule has 0 aliphatic rings. The smallest absolute Gasteiger partial charge is 0.0361 e. The lowest BCUT2D eigenvalue weighted by molar-refractivity contribution is 1.63. The van der Waals surface area contributed by atoms with Gasteiger partial charge in [0.25, 0.3) is 0 Å². The zero-order valence-electron chi connectivity index (χ0n) is 29.1. The number of hydrogen-bond acceptors (Lipinski definition) is 2. The molecule has 0 bridgehead atoms. The molecule has 54 heavy (non-hydrogen) atoms. The molecule has 2 heterocycles. The van der Waals surface area contributed by atoms with Crippen LogP contribution >= 0.6 is 22.7 Å². The molecule has 12 aromatic rings. The summed E-state index contributed by atoms with van der Waals surface area (Å²) >= 11 is 3.79. The number of rotatable bonds is 3. The van der Waals surface area contributed by atoms with Crippen LogP contribution in [-0.2, 0) is 0 Å². The second-order valence-electron chi connectivity index (χ2n) is 14.4. The molecule has 0 aliphatic heterocycles. The van der Waals surface area contributed by atoms with E-state index >= 15 is 0 Å². The summed E-state index contributed by atoms with van der Waals surface area (Å²) in [7, 11) is 0. The minimum absolute atomic E-state index is 1.23. The zero-order chi connectivity index (χ0) is 35.3. The maximum atomic E-state index is 2.46. The van der Waals surface area contributed by atoms with Crippen LogP contribution in [-0.4, -0.2) is 0 Å². The number of hydrogen-bond donors (Lipinski definition) is 0. The van der Waals surface area contributed by atoms with Gasteiger partial charge in [0, 0.05) is 40.3 Å². The van der Waals surface area contributed by atoms with E-state index in [-0.39, 0.29) is 0 Å². The van der Waals surface area contributed by atoms with Crippen LogP contribution in [0.25, 0.3) is 117 Å². The summed E-state index contributed by atoms with van der Waals surface area (Å²) in [6, 6.07) is 68.0. The molecule has 0 spiro atoms. The maximum absolute atomic E-state index is 2.46. The maximum Gasteiger partial charge on any atom is 0.0361 e. The zero-order valence-corrected chi connectivity index (χ0v) is 30.8. The van der Waals surface area contributed by atoms with Gasteiger partial charge in [0.2, 0.25) is 0 Å². The van der Waals surface area contributed by atoms with E-state index in [1.54, 1.807) is 0 Å². The van der Waals surface area contributed by atoms with Crippen molar-refractivity contribution in [2.75, 3.05) is 0 Å². The molecule has 10 aromatic carbocycles. The molecule has 2 aromatic heterocycles. The quantitative estimate of drug-likeness (QED) is 0.160. The topological polar surface area (TPSA) is 0 Å². The Hall–Kier alpha value is -6.32. The van der Waals surface area contributed by atoms with Gasteiger partial charge in [0.05, 0.1) is 0 Å². The Kier molecular flexibility index (Phi) is 6.48. The highest BCUT2D eigenvalue weighted by atomic mass is 32.1. The van der Waals surface area contributed by atoms with E-state index in [4.69, 9.17) is 0 Å². The summed E-state index contributed by atoms with van der Waals surface area (Å²) in [6.07, 6.45) is 0. The van der Waals surface area contributed by atoms with Gasteiger partial charge in [0.15, 0.2) is 0 Å². The number of benzene rings is 10. The fourth-order valence-electron chi connectivity index (χ4n) is 8.95. The third-order valence-electron chi connectivity index (χ3n) is 11.4. The highest BCUT2D eigenvalue weighted by molar-refractivity contribution is 7.26. The molecule has 0 N–H and O–H groups in total. The van der Waals surface area contributed by atoms with Gasteiger partial charge in [0.1, 0.15) is 0 Å². The first-order valence-corrected chi connectivity index (χ1v) is 20.1. The van der Waals surface area contributed by atoms with E-state index in [1.807, 2.05) is 22.7 Å². The molecule has 12 rings (SSSR count). The van der Waals surface area contributed by atoms with Gasteiger partial charge in [-0.25, -0.2) is 0 Å². The molecule has 0 nitrogen and oxygen atoms in total. The van der Waals surface area contributed by atoms with Crippen molar-refractivity contribution in [1.82, 2.24) is 0 Å². The fourth-order valence-corrected chi connectivity index (χ4v) is 11.2. The Morgan fingerprint density at radius 3 is 1.56 bits per heavy atom. The van der Waals surface area contributed by atoms with Gasteiger partial charge >= 0.3 is 0 Å². The van der Waals surface area contributed by atoms with Gasteiger partial charge < -0.3 is 0 Å². The van der Waals surface area contributed by atoms with Crippen molar-refractivity contribution >= 4 is 106 Å². The van der Waals surface area contributed by atoms with E-state index in [0.717, 1.165) is 0 Å². The first-order valence-electron chi connectivity index (χ1n) is 18.5. The molecule has 0 aliphatic carbocycles. The largest absolute Gasteiger partial charge is 0.135 e. The standard InChI is InChI=1S/C52H30S2/c1-2-11-32-26-37(21-20-31(32)10-1)51-40-16-5-3-14-38(40)50(39-15-4-6-17-41(39)51)36-13-9-12-33(27-36)34-22-24-47-44(28-34)45-30-43-35(29-49(45)54-47)23-25-48-52(43)42-18-7-8-19-46(42)53-48/h1-30H. The van der Waals surface area contributed by atoms with E-state index < -0.39 is 0 Å². The van der Waals surface area contributed by atoms with Crippen LogP contribution < -0.4 is 0 Å². The van der Waals surface area contributed by atoms with E-state index in [0.29, 0.717) is 0 Å². The van der Waals surface area contributed by atoms with Crippen LogP contribution in [0.1, 0.15) is 0 Å². The average Bonchev–Trinajstić information content (AvgIpc) is 3.79. The lowest BCUT2D eigenvalue weighted by Crippen LogP contribution is -1.91. The Morgan fingerprint density at radius 1 is 0.241 bits per heavy atom. The van der Waals surface area contributed by atoms with Crippen LogP contribution in [0, 0.1) is 0 Å². The van der Waals surface area contributed by atoms with Crippen molar-refractivity contribution in [1.29, 1.82) is 0 Å². The first kappa shape index (κ1) is 30.2. The monoisotopic (exact) mass is 718 g/mol. The average molecular weight is 719 g/mol. The van der Waals surface area contributed by atoms with Crippen molar-refractivity contribution < 1.29 is 0 Å². The molecule has 0 saturated heterocycles. The third kappa shape index (κ3) is 4.48. The van der Waals surface area contributed by atoms with Crippen molar-refractivity contribution in [2.45, 2.75) is 0 Å². The van der Waals surface area contributed by atoms with Crippen LogP contribution in [0.4, 0.5) is 0 Å². The predicted molar refractivity (Wildman–Crippen MR) is 239 cm³/mol. The van der Waals surface area contributed by atoms with Crippen LogP contribution in [0.5, 0.6) is 0 Å². The van der Waals surface area contributed by atoms with Crippen molar-refractivity contribution in [3.8, 4) is 33.4 Å². The molecule has 0 fully saturated rings. The van der Waals surface area contributed by atoms with E-state index in [1.165, 1.54) is 117 Å². The molecule has 0 amide bonds. The van der Waals surface area contributed by atoms with Gasteiger partial charge in [-0.1, -0.05) is 133 Å². The Labute approximate surface area is 319 Å². The summed E-state index contributed by atoms with van der Waals surface area (Å²) in [5.74, 6) is 0. The van der Waals surface area contributed by atoms with Gasteiger partial charge in [-0.15, -0.1) is 22.7 Å². The van der Waals surface area contributed by atoms with Crippen LogP contribution in [0.15, 0.2) is 182 Å². The predicted octanol–water partition coefficient (Wildman–Crippen LogP) is 16.0. The van der Waals surface area contributed by atoms with E-state index in [9.17, 15) is 0 Å². The van der Waals surface area contributed by atoms with Crippen LogP contribution in [0.3, 0.4) is 0 Å². The number of fused-ring (bicyclic) bond motifs is 11. The minimum Gasteiger partial charge on any atom is -0.135 e. The summed E-state index contributed by atoms with van der Waals surface area (Å²) in [5.41, 5.74) is 7.53. The number of thiophene rings is 2. The van der Waals surface area contributed by atoms with Crippen molar-refractivity contribution in [3.63, 3.8) is 0 Å². The molecular formula is C52H30S2. The second-order valence-corrected chi connectivity index (χ2v) is 16.6. The SMILES string of the molecule is c1cc(-c2ccc3sc4cc5ccc6sc7ccccc7c6c5cc4c3c2)cc(-c2c3ccccc3c(-c3ccc4ccccc4c3)c3ccccc23)c1. The molecule has 0 radical (unpaired) electrons. The fraction of sp³-hybridized carbons (Fsp3) is 0. The second kappa shape index (κ2) is 11.6. The molecule has 0 atom stereocenters. The Bertz CT molecular complexity index is 3450. The van der Waals surface area contributed by atoms with Crippen molar-refractivity contribution in [3.05, 3.63) is 182 Å². The Morgan fingerprint density at radius 2 is 0.778 bits per heavy atom. The highest BCUT2D eigenvalue weighted by Crippen LogP contribution is 2.46. The highest BCUT2D eigenvalue weighted by Gasteiger charge is 2.18. The summed E-state index contributed by atoms with van der Waals surface area (Å²) < 4.78 is 5.37. The molecule has 2 heteroatoms. The van der Waals surface area contributed by atoms with Crippen LogP contribution in [0.2, 0.25) is 0 Å². The van der Waals surface area contributed by atoms with Gasteiger partial charge in [-0.2, -0.15) is 0 Å². The summed E-state index contributed by atoms with van der Waals surface area (Å²) in [5, 5.41) is 15.7. The molecule has 250 valence electrons. The van der Waals surface area contributed by atoms with Gasteiger partial charge in [-0.05, 0) is 125 Å². The minimum atomic E-state index is 1.23. The van der Waals surface area contributed by atoms with Gasteiger partial charge in [-0.3, -0.25) is 0 Å². The molecule has 0 unspecified atom stereocenters. The lowest BCUT2D eigenvalue weighted by Gasteiger charge is -2.18. The Balaban J connectivity index is 1.05.